The molecule has 0 fully saturated rings. The number of fused-ring (bicyclic) bond motifs is 1. The predicted molar refractivity (Wildman–Crippen MR) is 116 cm³/mol. The minimum atomic E-state index is -1.57. The summed E-state index contributed by atoms with van der Waals surface area (Å²) in [6.07, 6.45) is -0.775. The standard InChI is InChI=1S/C24H22N2O5/c1-3-30-21-12-8-7-11-18(21)24(26-23(28)31-16-9-5-4-6-10-16)19-15-17(29-2)13-14-20(19)25-22(24)27/h4-15H,3H2,1-2H3,(H,25,27)(H,26,28). The Morgan fingerprint density at radius 2 is 1.71 bits per heavy atom. The van der Waals surface area contributed by atoms with Gasteiger partial charge in [-0.3, -0.25) is 10.1 Å². The first-order chi connectivity index (χ1) is 15.1. The number of anilines is 1. The zero-order chi connectivity index (χ0) is 21.8. The molecule has 1 aliphatic heterocycles. The van der Waals surface area contributed by atoms with E-state index >= 15 is 0 Å². The zero-order valence-electron chi connectivity index (χ0n) is 17.2. The molecule has 0 spiro atoms. The lowest BCUT2D eigenvalue weighted by molar-refractivity contribution is -0.120. The average molecular weight is 418 g/mol. The van der Waals surface area contributed by atoms with Crippen LogP contribution in [0.15, 0.2) is 72.8 Å². The second-order valence-corrected chi connectivity index (χ2v) is 6.87. The van der Waals surface area contributed by atoms with Gasteiger partial charge in [0.25, 0.3) is 5.91 Å². The summed E-state index contributed by atoms with van der Waals surface area (Å²) in [4.78, 5) is 26.4. The van der Waals surface area contributed by atoms with Crippen LogP contribution < -0.4 is 24.8 Å². The molecule has 158 valence electrons. The number of hydrogen-bond acceptors (Lipinski definition) is 5. The number of nitrogens with one attached hydrogen (secondary N) is 2. The van der Waals surface area contributed by atoms with Crippen molar-refractivity contribution in [3.8, 4) is 17.2 Å². The van der Waals surface area contributed by atoms with Crippen molar-refractivity contribution < 1.29 is 23.8 Å². The lowest BCUT2D eigenvalue weighted by Crippen LogP contribution is -2.52. The Hall–Kier alpha value is -4.00. The van der Waals surface area contributed by atoms with Crippen LogP contribution in [0.25, 0.3) is 0 Å². The number of amides is 2. The number of para-hydroxylation sites is 2. The molecule has 1 atom stereocenters. The first-order valence-electron chi connectivity index (χ1n) is 9.85. The van der Waals surface area contributed by atoms with Crippen LogP contribution in [-0.2, 0) is 10.3 Å². The van der Waals surface area contributed by atoms with Crippen molar-refractivity contribution in [2.75, 3.05) is 19.0 Å². The van der Waals surface area contributed by atoms with Gasteiger partial charge in [0, 0.05) is 16.8 Å². The Balaban J connectivity index is 1.85. The van der Waals surface area contributed by atoms with Gasteiger partial charge in [-0.15, -0.1) is 0 Å². The van der Waals surface area contributed by atoms with E-state index in [1.807, 2.05) is 19.1 Å². The molecule has 0 aromatic heterocycles. The van der Waals surface area contributed by atoms with E-state index in [4.69, 9.17) is 14.2 Å². The molecule has 3 aromatic carbocycles. The van der Waals surface area contributed by atoms with E-state index in [2.05, 4.69) is 10.6 Å². The highest BCUT2D eigenvalue weighted by Crippen LogP contribution is 2.45. The summed E-state index contributed by atoms with van der Waals surface area (Å²) in [7, 11) is 1.54. The highest BCUT2D eigenvalue weighted by molar-refractivity contribution is 6.10. The van der Waals surface area contributed by atoms with Crippen LogP contribution in [0, 0.1) is 0 Å². The fourth-order valence-electron chi connectivity index (χ4n) is 3.70. The second-order valence-electron chi connectivity index (χ2n) is 6.87. The number of hydrogen-bond donors (Lipinski definition) is 2. The van der Waals surface area contributed by atoms with Crippen molar-refractivity contribution >= 4 is 17.7 Å². The van der Waals surface area contributed by atoms with Gasteiger partial charge in [-0.05, 0) is 43.3 Å². The van der Waals surface area contributed by atoms with Gasteiger partial charge in [-0.1, -0.05) is 36.4 Å². The second kappa shape index (κ2) is 8.39. The molecule has 1 unspecified atom stereocenters. The van der Waals surface area contributed by atoms with Crippen LogP contribution in [0.5, 0.6) is 17.2 Å². The third kappa shape index (κ3) is 3.66. The van der Waals surface area contributed by atoms with E-state index in [1.165, 1.54) is 0 Å². The number of ether oxygens (including phenoxy) is 3. The highest BCUT2D eigenvalue weighted by atomic mass is 16.6. The van der Waals surface area contributed by atoms with Crippen LogP contribution in [0.1, 0.15) is 18.1 Å². The van der Waals surface area contributed by atoms with E-state index in [0.717, 1.165) is 0 Å². The molecule has 0 radical (unpaired) electrons. The molecule has 7 nitrogen and oxygen atoms in total. The summed E-state index contributed by atoms with van der Waals surface area (Å²) >= 11 is 0. The van der Waals surface area contributed by atoms with Crippen molar-refractivity contribution in [1.29, 1.82) is 0 Å². The molecule has 2 amide bonds. The van der Waals surface area contributed by atoms with E-state index in [1.54, 1.807) is 67.8 Å². The molecule has 1 heterocycles. The molecule has 1 aliphatic rings. The van der Waals surface area contributed by atoms with Gasteiger partial charge in [-0.25, -0.2) is 4.79 Å². The maximum absolute atomic E-state index is 13.4. The van der Waals surface area contributed by atoms with Gasteiger partial charge in [0.05, 0.1) is 13.7 Å². The maximum atomic E-state index is 13.4. The van der Waals surface area contributed by atoms with Gasteiger partial charge >= 0.3 is 6.09 Å². The van der Waals surface area contributed by atoms with Crippen LogP contribution in [0.4, 0.5) is 10.5 Å². The lowest BCUT2D eigenvalue weighted by Gasteiger charge is -2.30. The Morgan fingerprint density at radius 1 is 0.968 bits per heavy atom. The monoisotopic (exact) mass is 418 g/mol. The minimum absolute atomic E-state index is 0.359. The zero-order valence-corrected chi connectivity index (χ0v) is 17.2. The van der Waals surface area contributed by atoms with Crippen molar-refractivity contribution in [2.24, 2.45) is 0 Å². The third-order valence-electron chi connectivity index (χ3n) is 5.05. The van der Waals surface area contributed by atoms with Gasteiger partial charge in [-0.2, -0.15) is 0 Å². The Kier molecular flexibility index (Phi) is 5.49. The lowest BCUT2D eigenvalue weighted by atomic mass is 9.83. The summed E-state index contributed by atoms with van der Waals surface area (Å²) in [6.45, 7) is 2.25. The number of benzene rings is 3. The van der Waals surface area contributed by atoms with E-state index < -0.39 is 17.5 Å². The molecular weight excluding hydrogens is 396 g/mol. The molecule has 3 aromatic rings. The maximum Gasteiger partial charge on any atom is 0.414 e. The summed E-state index contributed by atoms with van der Waals surface area (Å²) in [5, 5.41) is 5.66. The molecule has 4 rings (SSSR count). The van der Waals surface area contributed by atoms with Crippen LogP contribution >= 0.6 is 0 Å². The third-order valence-corrected chi connectivity index (χ3v) is 5.05. The molecule has 2 N–H and O–H groups in total. The number of rotatable bonds is 6. The Morgan fingerprint density at radius 3 is 2.45 bits per heavy atom. The number of carbonyl (C=O) groups excluding carboxylic acids is 2. The molecular formula is C24H22N2O5. The van der Waals surface area contributed by atoms with Crippen molar-refractivity contribution in [3.05, 3.63) is 83.9 Å². The van der Waals surface area contributed by atoms with Gasteiger partial charge in [0.2, 0.25) is 0 Å². The fraction of sp³-hybridized carbons (Fsp3) is 0.167. The van der Waals surface area contributed by atoms with E-state index in [0.29, 0.717) is 40.7 Å². The minimum Gasteiger partial charge on any atom is -0.497 e. The quantitative estimate of drug-likeness (QED) is 0.630. The van der Waals surface area contributed by atoms with Crippen molar-refractivity contribution in [3.63, 3.8) is 0 Å². The molecule has 7 heteroatoms. The predicted octanol–water partition coefficient (Wildman–Crippen LogP) is 4.08. The van der Waals surface area contributed by atoms with Gasteiger partial charge in [0.15, 0.2) is 5.54 Å². The SMILES string of the molecule is CCOc1ccccc1C1(NC(=O)Oc2ccccc2)C(=O)Nc2ccc(OC)cc21. The fourth-order valence-corrected chi connectivity index (χ4v) is 3.70. The molecule has 0 bridgehead atoms. The van der Waals surface area contributed by atoms with Crippen LogP contribution in [0.3, 0.4) is 0 Å². The molecule has 0 saturated heterocycles. The largest absolute Gasteiger partial charge is 0.497 e. The topological polar surface area (TPSA) is 85.9 Å². The number of carbonyl (C=O) groups is 2. The van der Waals surface area contributed by atoms with Crippen LogP contribution in [0.2, 0.25) is 0 Å². The number of methoxy groups -OCH3 is 1. The Labute approximate surface area is 179 Å². The first-order valence-corrected chi connectivity index (χ1v) is 9.85. The smallest absolute Gasteiger partial charge is 0.414 e. The molecule has 31 heavy (non-hydrogen) atoms. The highest BCUT2D eigenvalue weighted by Gasteiger charge is 2.52. The summed E-state index contributed by atoms with van der Waals surface area (Å²) in [5.41, 5.74) is 0.0269. The summed E-state index contributed by atoms with van der Waals surface area (Å²) < 4.78 is 16.6. The van der Waals surface area contributed by atoms with Crippen molar-refractivity contribution in [1.82, 2.24) is 5.32 Å². The molecule has 0 saturated carbocycles. The van der Waals surface area contributed by atoms with Gasteiger partial charge in [0.1, 0.15) is 17.2 Å². The average Bonchev–Trinajstić information content (AvgIpc) is 3.06. The van der Waals surface area contributed by atoms with E-state index in [9.17, 15) is 9.59 Å². The normalized spacial score (nSPS) is 16.8. The Bertz CT molecular complexity index is 1120. The van der Waals surface area contributed by atoms with Crippen molar-refractivity contribution in [2.45, 2.75) is 12.5 Å². The van der Waals surface area contributed by atoms with Gasteiger partial charge < -0.3 is 19.5 Å². The van der Waals surface area contributed by atoms with Crippen LogP contribution in [-0.4, -0.2) is 25.7 Å². The van der Waals surface area contributed by atoms with E-state index in [-0.39, 0.29) is 0 Å². The first kappa shape index (κ1) is 20.3. The molecule has 0 aliphatic carbocycles. The summed E-state index contributed by atoms with van der Waals surface area (Å²) in [5.74, 6) is 0.966. The summed E-state index contributed by atoms with van der Waals surface area (Å²) in [6, 6.07) is 21.0.